The largest absolute Gasteiger partial charge is 0.392 e. The zero-order valence-electron chi connectivity index (χ0n) is 11.1. The van der Waals surface area contributed by atoms with E-state index in [1.165, 1.54) is 4.31 Å². The predicted molar refractivity (Wildman–Crippen MR) is 70.0 cm³/mol. The van der Waals surface area contributed by atoms with Gasteiger partial charge in [0.05, 0.1) is 6.10 Å². The summed E-state index contributed by atoms with van der Waals surface area (Å²) in [5.41, 5.74) is 0. The van der Waals surface area contributed by atoms with Crippen molar-refractivity contribution >= 4 is 10.2 Å². The van der Waals surface area contributed by atoms with Crippen LogP contribution in [0.25, 0.3) is 0 Å². The smallest absolute Gasteiger partial charge is 0.279 e. The van der Waals surface area contributed by atoms with Gasteiger partial charge >= 0.3 is 0 Å². The minimum Gasteiger partial charge on any atom is -0.392 e. The molecule has 0 aromatic rings. The molecule has 0 aliphatic heterocycles. The van der Waals surface area contributed by atoms with E-state index in [9.17, 15) is 13.5 Å². The van der Waals surface area contributed by atoms with E-state index in [-0.39, 0.29) is 6.54 Å². The summed E-state index contributed by atoms with van der Waals surface area (Å²) >= 11 is 0. The van der Waals surface area contributed by atoms with Crippen LogP contribution in [-0.2, 0) is 10.2 Å². The number of nitrogens with zero attached hydrogens (tertiary/aromatic N) is 1. The predicted octanol–water partition coefficient (Wildman–Crippen LogP) is 1.10. The Kier molecular flexibility index (Phi) is 8.77. The number of hydrogen-bond donors (Lipinski definition) is 2. The minimum atomic E-state index is -3.44. The Hall–Kier alpha value is -0.170. The van der Waals surface area contributed by atoms with Crippen LogP contribution in [0.3, 0.4) is 0 Å². The van der Waals surface area contributed by atoms with Gasteiger partial charge in [0, 0.05) is 19.6 Å². The van der Waals surface area contributed by atoms with Crippen molar-refractivity contribution in [2.24, 2.45) is 0 Å². The molecule has 0 bridgehead atoms. The monoisotopic (exact) mass is 266 g/mol. The first kappa shape index (κ1) is 16.8. The molecule has 0 aromatic heterocycles. The van der Waals surface area contributed by atoms with Crippen molar-refractivity contribution in [3.05, 3.63) is 0 Å². The van der Waals surface area contributed by atoms with Gasteiger partial charge in [0.15, 0.2) is 0 Å². The zero-order valence-corrected chi connectivity index (χ0v) is 12.0. The zero-order chi connectivity index (χ0) is 13.3. The number of nitrogens with one attached hydrogen (secondary N) is 1. The molecule has 104 valence electrons. The van der Waals surface area contributed by atoms with Gasteiger partial charge in [-0.15, -0.1) is 0 Å². The van der Waals surface area contributed by atoms with Crippen molar-refractivity contribution in [2.45, 2.75) is 52.6 Å². The van der Waals surface area contributed by atoms with Gasteiger partial charge in [-0.1, -0.05) is 27.2 Å². The molecule has 0 fully saturated rings. The van der Waals surface area contributed by atoms with Crippen molar-refractivity contribution in [1.29, 1.82) is 0 Å². The minimum absolute atomic E-state index is 0.0973. The molecule has 0 spiro atoms. The number of aliphatic hydroxyl groups is 1. The molecule has 2 N–H and O–H groups in total. The Labute approximate surface area is 105 Å². The number of hydrogen-bond acceptors (Lipinski definition) is 3. The van der Waals surface area contributed by atoms with Crippen molar-refractivity contribution < 1.29 is 13.5 Å². The Morgan fingerprint density at radius 2 is 1.65 bits per heavy atom. The molecule has 6 heteroatoms. The molecule has 0 rings (SSSR count). The molecular weight excluding hydrogens is 240 g/mol. The van der Waals surface area contributed by atoms with Gasteiger partial charge in [0.25, 0.3) is 10.2 Å². The van der Waals surface area contributed by atoms with E-state index in [1.807, 2.05) is 20.8 Å². The third-order valence-corrected chi connectivity index (χ3v) is 3.99. The molecule has 5 nitrogen and oxygen atoms in total. The van der Waals surface area contributed by atoms with Crippen LogP contribution in [0.4, 0.5) is 0 Å². The molecule has 0 saturated heterocycles. The van der Waals surface area contributed by atoms with Crippen LogP contribution >= 0.6 is 0 Å². The highest BCUT2D eigenvalue weighted by Crippen LogP contribution is 2.02. The third kappa shape index (κ3) is 6.98. The van der Waals surface area contributed by atoms with Crippen LogP contribution in [0.1, 0.15) is 46.5 Å². The lowest BCUT2D eigenvalue weighted by atomic mass is 10.2. The summed E-state index contributed by atoms with van der Waals surface area (Å²) in [4.78, 5) is 0. The van der Waals surface area contributed by atoms with Crippen LogP contribution in [-0.4, -0.2) is 43.6 Å². The summed E-state index contributed by atoms with van der Waals surface area (Å²) < 4.78 is 27.7. The fourth-order valence-corrected chi connectivity index (χ4v) is 3.01. The lowest BCUT2D eigenvalue weighted by Crippen LogP contribution is -2.44. The molecule has 0 amide bonds. The molecular formula is C11H26N2O3S. The lowest BCUT2D eigenvalue weighted by molar-refractivity contribution is 0.166. The summed E-state index contributed by atoms with van der Waals surface area (Å²) in [5.74, 6) is 0. The second-order valence-corrected chi connectivity index (χ2v) is 5.95. The molecule has 0 aromatic carbocycles. The normalized spacial score (nSPS) is 14.2. The molecule has 1 unspecified atom stereocenters. The fourth-order valence-electron chi connectivity index (χ4n) is 1.58. The van der Waals surface area contributed by atoms with Gasteiger partial charge in [0.1, 0.15) is 0 Å². The highest BCUT2D eigenvalue weighted by molar-refractivity contribution is 7.87. The average Bonchev–Trinajstić information content (AvgIpc) is 2.27. The Bertz CT molecular complexity index is 274. The second-order valence-electron chi connectivity index (χ2n) is 4.20. The standard InChI is InChI=1S/C11H26N2O3S/c1-4-7-11(14)10-12-17(15,16)13(8-5-2)9-6-3/h11-12,14H,4-10H2,1-3H3. The van der Waals surface area contributed by atoms with Crippen molar-refractivity contribution in [3.8, 4) is 0 Å². The highest BCUT2D eigenvalue weighted by atomic mass is 32.2. The van der Waals surface area contributed by atoms with Gasteiger partial charge in [-0.05, 0) is 19.3 Å². The van der Waals surface area contributed by atoms with Gasteiger partial charge in [-0.2, -0.15) is 17.4 Å². The first-order valence-corrected chi connectivity index (χ1v) is 7.84. The number of aliphatic hydroxyl groups excluding tert-OH is 1. The SMILES string of the molecule is CCCC(O)CNS(=O)(=O)N(CCC)CCC. The van der Waals surface area contributed by atoms with Gasteiger partial charge < -0.3 is 5.11 Å². The third-order valence-electron chi connectivity index (χ3n) is 2.41. The molecule has 0 aliphatic carbocycles. The van der Waals surface area contributed by atoms with Crippen LogP contribution in [0, 0.1) is 0 Å². The number of rotatable bonds is 10. The van der Waals surface area contributed by atoms with Crippen molar-refractivity contribution in [3.63, 3.8) is 0 Å². The van der Waals surface area contributed by atoms with E-state index in [2.05, 4.69) is 4.72 Å². The van der Waals surface area contributed by atoms with Gasteiger partial charge in [0.2, 0.25) is 0 Å². The molecule has 0 heterocycles. The fraction of sp³-hybridized carbons (Fsp3) is 1.00. The summed E-state index contributed by atoms with van der Waals surface area (Å²) in [6.07, 6.45) is 2.44. The van der Waals surface area contributed by atoms with E-state index in [4.69, 9.17) is 0 Å². The maximum atomic E-state index is 11.9. The first-order valence-electron chi connectivity index (χ1n) is 6.40. The molecule has 0 saturated carbocycles. The van der Waals surface area contributed by atoms with Crippen LogP contribution in [0.2, 0.25) is 0 Å². The van der Waals surface area contributed by atoms with Gasteiger partial charge in [-0.3, -0.25) is 0 Å². The van der Waals surface area contributed by atoms with Crippen LogP contribution < -0.4 is 4.72 Å². The Balaban J connectivity index is 4.31. The van der Waals surface area contributed by atoms with Crippen LogP contribution in [0.15, 0.2) is 0 Å². The molecule has 17 heavy (non-hydrogen) atoms. The van der Waals surface area contributed by atoms with Crippen molar-refractivity contribution in [2.75, 3.05) is 19.6 Å². The summed E-state index contributed by atoms with van der Waals surface area (Å²) in [5, 5.41) is 9.51. The quantitative estimate of drug-likeness (QED) is 0.622. The van der Waals surface area contributed by atoms with Crippen LogP contribution in [0.5, 0.6) is 0 Å². The summed E-state index contributed by atoms with van der Waals surface area (Å²) in [6, 6.07) is 0. The molecule has 0 aliphatic rings. The second kappa shape index (κ2) is 8.85. The Morgan fingerprint density at radius 1 is 1.12 bits per heavy atom. The van der Waals surface area contributed by atoms with Gasteiger partial charge in [-0.25, -0.2) is 0 Å². The van der Waals surface area contributed by atoms with E-state index < -0.39 is 16.3 Å². The topological polar surface area (TPSA) is 69.6 Å². The molecule has 0 radical (unpaired) electrons. The summed E-state index contributed by atoms with van der Waals surface area (Å²) in [6.45, 7) is 6.99. The summed E-state index contributed by atoms with van der Waals surface area (Å²) in [7, 11) is -3.44. The maximum Gasteiger partial charge on any atom is 0.279 e. The first-order chi connectivity index (χ1) is 7.97. The van der Waals surface area contributed by atoms with Crippen molar-refractivity contribution in [1.82, 2.24) is 9.03 Å². The molecule has 1 atom stereocenters. The van der Waals surface area contributed by atoms with E-state index >= 15 is 0 Å². The average molecular weight is 266 g/mol. The van der Waals surface area contributed by atoms with E-state index in [0.717, 1.165) is 19.3 Å². The highest BCUT2D eigenvalue weighted by Gasteiger charge is 2.20. The van der Waals surface area contributed by atoms with E-state index in [0.29, 0.717) is 19.5 Å². The lowest BCUT2D eigenvalue weighted by Gasteiger charge is -2.22. The maximum absolute atomic E-state index is 11.9. The van der Waals surface area contributed by atoms with E-state index in [1.54, 1.807) is 0 Å². The Morgan fingerprint density at radius 3 is 2.06 bits per heavy atom.